The minimum atomic E-state index is -3.36. The molecule has 1 saturated heterocycles. The molecule has 98 valence electrons. The summed E-state index contributed by atoms with van der Waals surface area (Å²) in [5.74, 6) is 0. The van der Waals surface area contributed by atoms with Gasteiger partial charge in [0, 0.05) is 24.9 Å². The van der Waals surface area contributed by atoms with Crippen LogP contribution in [0.1, 0.15) is 10.4 Å². The van der Waals surface area contributed by atoms with Gasteiger partial charge in [0.15, 0.2) is 9.84 Å². The van der Waals surface area contributed by atoms with E-state index in [-0.39, 0.29) is 4.90 Å². The summed E-state index contributed by atoms with van der Waals surface area (Å²) in [6.07, 6.45) is 1.80. The molecule has 0 atom stereocenters. The summed E-state index contributed by atoms with van der Waals surface area (Å²) in [7, 11) is -3.36. The van der Waals surface area contributed by atoms with Gasteiger partial charge in [-0.3, -0.25) is 4.79 Å². The quantitative estimate of drug-likeness (QED) is 0.757. The lowest BCUT2D eigenvalue weighted by molar-refractivity contribution is 0.112. The summed E-state index contributed by atoms with van der Waals surface area (Å²) in [5, 5.41) is 0. The molecule has 5 nitrogen and oxygen atoms in total. The number of ether oxygens (including phenoxy) is 1. The number of carbonyl (C=O) groups is 1. The highest BCUT2D eigenvalue weighted by Crippen LogP contribution is 2.26. The normalized spacial score (nSPS) is 16.6. The van der Waals surface area contributed by atoms with Crippen LogP contribution in [0.3, 0.4) is 0 Å². The SMILES string of the molecule is CS(=O)(=O)c1cc(C=O)ccc1N1CCOCC1. The first-order chi connectivity index (χ1) is 8.52. The van der Waals surface area contributed by atoms with Crippen LogP contribution in [-0.4, -0.2) is 47.3 Å². The van der Waals surface area contributed by atoms with Crippen molar-refractivity contribution in [2.75, 3.05) is 37.5 Å². The molecule has 2 rings (SSSR count). The Morgan fingerprint density at radius 3 is 2.50 bits per heavy atom. The first-order valence-electron chi connectivity index (χ1n) is 5.64. The van der Waals surface area contributed by atoms with Crippen molar-refractivity contribution >= 4 is 21.8 Å². The van der Waals surface area contributed by atoms with Crippen molar-refractivity contribution in [3.63, 3.8) is 0 Å². The molecule has 0 aromatic heterocycles. The molecule has 18 heavy (non-hydrogen) atoms. The van der Waals surface area contributed by atoms with Gasteiger partial charge in [0.05, 0.1) is 23.8 Å². The van der Waals surface area contributed by atoms with E-state index in [0.29, 0.717) is 43.8 Å². The maximum atomic E-state index is 11.8. The number of morpholine rings is 1. The van der Waals surface area contributed by atoms with Crippen LogP contribution in [0.25, 0.3) is 0 Å². The summed E-state index contributed by atoms with van der Waals surface area (Å²) in [6.45, 7) is 2.48. The molecule has 1 fully saturated rings. The van der Waals surface area contributed by atoms with Crippen molar-refractivity contribution in [3.8, 4) is 0 Å². The van der Waals surface area contributed by atoms with E-state index in [1.54, 1.807) is 12.1 Å². The van der Waals surface area contributed by atoms with Gasteiger partial charge in [-0.1, -0.05) is 0 Å². The van der Waals surface area contributed by atoms with Crippen molar-refractivity contribution in [2.24, 2.45) is 0 Å². The first-order valence-corrected chi connectivity index (χ1v) is 7.53. The molecular weight excluding hydrogens is 254 g/mol. The van der Waals surface area contributed by atoms with E-state index in [1.165, 1.54) is 6.07 Å². The molecule has 1 heterocycles. The number of carbonyl (C=O) groups excluding carboxylic acids is 1. The number of rotatable bonds is 3. The number of sulfone groups is 1. The number of benzene rings is 1. The average Bonchev–Trinajstić information content (AvgIpc) is 2.38. The Morgan fingerprint density at radius 1 is 1.28 bits per heavy atom. The molecule has 0 saturated carbocycles. The van der Waals surface area contributed by atoms with Gasteiger partial charge in [-0.2, -0.15) is 0 Å². The van der Waals surface area contributed by atoms with Crippen LogP contribution in [0.5, 0.6) is 0 Å². The summed E-state index contributed by atoms with van der Waals surface area (Å²) in [4.78, 5) is 12.9. The van der Waals surface area contributed by atoms with Crippen molar-refractivity contribution in [3.05, 3.63) is 23.8 Å². The number of nitrogens with zero attached hydrogens (tertiary/aromatic N) is 1. The maximum Gasteiger partial charge on any atom is 0.177 e. The highest BCUT2D eigenvalue weighted by molar-refractivity contribution is 7.90. The topological polar surface area (TPSA) is 63.7 Å². The molecule has 0 bridgehead atoms. The van der Waals surface area contributed by atoms with Crippen LogP contribution in [0.2, 0.25) is 0 Å². The molecule has 0 amide bonds. The Balaban J connectivity index is 2.48. The van der Waals surface area contributed by atoms with Gasteiger partial charge in [0.25, 0.3) is 0 Å². The second kappa shape index (κ2) is 5.07. The van der Waals surface area contributed by atoms with E-state index < -0.39 is 9.84 Å². The third kappa shape index (κ3) is 2.70. The summed E-state index contributed by atoms with van der Waals surface area (Å²) in [5.41, 5.74) is 1.01. The maximum absolute atomic E-state index is 11.8. The smallest absolute Gasteiger partial charge is 0.177 e. The fourth-order valence-electron chi connectivity index (χ4n) is 1.97. The Kier molecular flexibility index (Phi) is 3.68. The standard InChI is InChI=1S/C12H15NO4S/c1-18(15,16)12-8-10(9-14)2-3-11(12)13-4-6-17-7-5-13/h2-3,8-9H,4-7H2,1H3. The number of hydrogen-bond donors (Lipinski definition) is 0. The van der Waals surface area contributed by atoms with Gasteiger partial charge in [-0.05, 0) is 18.2 Å². The zero-order chi connectivity index (χ0) is 13.2. The van der Waals surface area contributed by atoms with Crippen molar-refractivity contribution in [1.82, 2.24) is 0 Å². The van der Waals surface area contributed by atoms with Crippen molar-refractivity contribution < 1.29 is 17.9 Å². The van der Waals surface area contributed by atoms with E-state index in [0.717, 1.165) is 6.26 Å². The van der Waals surface area contributed by atoms with Gasteiger partial charge < -0.3 is 9.64 Å². The van der Waals surface area contributed by atoms with Gasteiger partial charge in [-0.25, -0.2) is 8.42 Å². The third-order valence-electron chi connectivity index (χ3n) is 2.87. The Morgan fingerprint density at radius 2 is 1.94 bits per heavy atom. The lowest BCUT2D eigenvalue weighted by atomic mass is 10.2. The van der Waals surface area contributed by atoms with Crippen LogP contribution < -0.4 is 4.90 Å². The largest absolute Gasteiger partial charge is 0.378 e. The first kappa shape index (κ1) is 13.0. The molecule has 0 N–H and O–H groups in total. The predicted octanol–water partition coefficient (Wildman–Crippen LogP) is 0.739. The van der Waals surface area contributed by atoms with E-state index in [4.69, 9.17) is 4.74 Å². The molecular formula is C12H15NO4S. The summed E-state index contributed by atoms with van der Waals surface area (Å²) < 4.78 is 28.8. The Labute approximate surface area is 106 Å². The molecule has 1 aliphatic rings. The molecule has 1 aromatic rings. The van der Waals surface area contributed by atoms with Crippen LogP contribution in [0.15, 0.2) is 23.1 Å². The Bertz CT molecular complexity index is 547. The van der Waals surface area contributed by atoms with Crippen LogP contribution in [0.4, 0.5) is 5.69 Å². The monoisotopic (exact) mass is 269 g/mol. The van der Waals surface area contributed by atoms with Gasteiger partial charge >= 0.3 is 0 Å². The van der Waals surface area contributed by atoms with E-state index in [1.807, 2.05) is 4.90 Å². The van der Waals surface area contributed by atoms with E-state index >= 15 is 0 Å². The summed E-state index contributed by atoms with van der Waals surface area (Å²) in [6, 6.07) is 4.74. The fraction of sp³-hybridized carbons (Fsp3) is 0.417. The second-order valence-electron chi connectivity index (χ2n) is 4.22. The Hall–Kier alpha value is -1.40. The summed E-state index contributed by atoms with van der Waals surface area (Å²) >= 11 is 0. The van der Waals surface area contributed by atoms with Crippen molar-refractivity contribution in [2.45, 2.75) is 4.90 Å². The molecule has 1 aromatic carbocycles. The van der Waals surface area contributed by atoms with E-state index in [2.05, 4.69) is 0 Å². The van der Waals surface area contributed by atoms with Gasteiger partial charge in [0.2, 0.25) is 0 Å². The van der Waals surface area contributed by atoms with Gasteiger partial charge in [-0.15, -0.1) is 0 Å². The lowest BCUT2D eigenvalue weighted by Gasteiger charge is -2.30. The molecule has 1 aliphatic heterocycles. The third-order valence-corrected chi connectivity index (χ3v) is 4.00. The highest BCUT2D eigenvalue weighted by Gasteiger charge is 2.20. The molecule has 0 unspecified atom stereocenters. The van der Waals surface area contributed by atoms with Crippen LogP contribution in [-0.2, 0) is 14.6 Å². The van der Waals surface area contributed by atoms with E-state index in [9.17, 15) is 13.2 Å². The second-order valence-corrected chi connectivity index (χ2v) is 6.20. The fourth-order valence-corrected chi connectivity index (χ4v) is 2.89. The molecule has 0 radical (unpaired) electrons. The minimum absolute atomic E-state index is 0.203. The average molecular weight is 269 g/mol. The van der Waals surface area contributed by atoms with Crippen LogP contribution in [0, 0.1) is 0 Å². The molecule has 0 spiro atoms. The highest BCUT2D eigenvalue weighted by atomic mass is 32.2. The number of aldehydes is 1. The number of anilines is 1. The number of hydrogen-bond acceptors (Lipinski definition) is 5. The predicted molar refractivity (Wildman–Crippen MR) is 68.0 cm³/mol. The zero-order valence-corrected chi connectivity index (χ0v) is 10.9. The van der Waals surface area contributed by atoms with Gasteiger partial charge in [0.1, 0.15) is 6.29 Å². The minimum Gasteiger partial charge on any atom is -0.378 e. The van der Waals surface area contributed by atoms with Crippen LogP contribution >= 0.6 is 0 Å². The van der Waals surface area contributed by atoms with Crippen molar-refractivity contribution in [1.29, 1.82) is 0 Å². The molecule has 0 aliphatic carbocycles. The molecule has 6 heteroatoms. The lowest BCUT2D eigenvalue weighted by Crippen LogP contribution is -2.37. The zero-order valence-electron chi connectivity index (χ0n) is 10.1.